The van der Waals surface area contributed by atoms with Gasteiger partial charge in [0, 0.05) is 0 Å². The first-order valence-corrected chi connectivity index (χ1v) is 24.5. The van der Waals surface area contributed by atoms with Crippen LogP contribution >= 0.6 is 0 Å². The third-order valence-electron chi connectivity index (χ3n) is 14.0. The van der Waals surface area contributed by atoms with E-state index >= 15 is 0 Å². The number of fused-ring (bicyclic) bond motifs is 10. The maximum atomic E-state index is 2.47. The molecule has 0 amide bonds. The third kappa shape index (κ3) is 5.41. The molecule has 0 radical (unpaired) electrons. The molecular formula is C64H39NSe. The van der Waals surface area contributed by atoms with Crippen LogP contribution in [0, 0.1) is 0 Å². The van der Waals surface area contributed by atoms with Crippen molar-refractivity contribution in [2.75, 3.05) is 0 Å². The first kappa shape index (κ1) is 37.4. The number of benzene rings is 12. The number of aromatic nitrogens is 1. The van der Waals surface area contributed by atoms with Crippen LogP contribution in [0.25, 0.3) is 134 Å². The molecule has 306 valence electrons. The van der Waals surface area contributed by atoms with Crippen LogP contribution < -0.4 is 0 Å². The summed E-state index contributed by atoms with van der Waals surface area (Å²) in [6.45, 7) is 0. The molecule has 0 bridgehead atoms. The average Bonchev–Trinajstić information content (AvgIpc) is 3.94. The monoisotopic (exact) mass is 901 g/mol. The van der Waals surface area contributed by atoms with Gasteiger partial charge in [0.15, 0.2) is 0 Å². The summed E-state index contributed by atoms with van der Waals surface area (Å²) in [5.74, 6) is 0. The van der Waals surface area contributed by atoms with Gasteiger partial charge < -0.3 is 0 Å². The SMILES string of the molecule is c1ccc(-c2c3ccccc3c(-c3cccc4[se]c5cccc(-c6c7ccccc7c(-c7cccc8c9ccccc9n(-c9ccccc9)c78)c7ccccc67)c5c34)c3ccccc23)cc1. The standard InChI is InChI=1S/C64H39NSe/c1-3-20-40(21-4-1)58-43-25-7-9-27-45(43)59(46-28-10-8-26-44(46)58)52-34-18-38-56-62(52)63-53(35-19-39-57(63)66-56)60-47-29-11-13-31-49(47)61(50-32-14-12-30-48(50)60)54-36-17-33-51-42-24-15-16-37-55(42)65(64(51)54)41-22-5-2-6-23-41/h1-39H. The molecule has 14 aromatic rings. The van der Waals surface area contributed by atoms with Gasteiger partial charge in [-0.1, -0.05) is 30.3 Å². The van der Waals surface area contributed by atoms with Crippen LogP contribution in [0.1, 0.15) is 0 Å². The molecule has 0 saturated heterocycles. The number of rotatable bonds is 5. The fourth-order valence-corrected chi connectivity index (χ4v) is 13.8. The Morgan fingerprint density at radius 2 is 0.621 bits per heavy atom. The first-order chi connectivity index (χ1) is 32.8. The summed E-state index contributed by atoms with van der Waals surface area (Å²) in [6.07, 6.45) is 0. The van der Waals surface area contributed by atoms with Crippen LogP contribution in [0.5, 0.6) is 0 Å². The van der Waals surface area contributed by atoms with Gasteiger partial charge in [0.2, 0.25) is 0 Å². The van der Waals surface area contributed by atoms with Crippen LogP contribution in [0.3, 0.4) is 0 Å². The van der Waals surface area contributed by atoms with E-state index in [0.29, 0.717) is 0 Å². The van der Waals surface area contributed by atoms with Crippen molar-refractivity contribution in [1.82, 2.24) is 4.57 Å². The van der Waals surface area contributed by atoms with Gasteiger partial charge >= 0.3 is 360 Å². The quantitative estimate of drug-likeness (QED) is 0.120. The van der Waals surface area contributed by atoms with E-state index in [2.05, 4.69) is 241 Å². The zero-order chi connectivity index (χ0) is 43.3. The molecule has 0 aliphatic rings. The topological polar surface area (TPSA) is 4.93 Å². The summed E-state index contributed by atoms with van der Waals surface area (Å²) < 4.78 is 5.35. The third-order valence-corrected chi connectivity index (χ3v) is 16.3. The molecule has 0 fully saturated rings. The van der Waals surface area contributed by atoms with Gasteiger partial charge in [-0.25, -0.2) is 0 Å². The second kappa shape index (κ2) is 14.8. The minimum atomic E-state index is 0.137. The van der Waals surface area contributed by atoms with Gasteiger partial charge in [0.1, 0.15) is 0 Å². The normalized spacial score (nSPS) is 11.9. The molecule has 0 aliphatic carbocycles. The summed E-state index contributed by atoms with van der Waals surface area (Å²) in [5, 5.41) is 15.4. The molecule has 0 N–H and O–H groups in total. The fraction of sp³-hybridized carbons (Fsp3) is 0. The van der Waals surface area contributed by atoms with Crippen molar-refractivity contribution in [2.45, 2.75) is 0 Å². The average molecular weight is 901 g/mol. The summed E-state index contributed by atoms with van der Waals surface area (Å²) in [5.41, 5.74) is 13.8. The molecule has 0 unspecified atom stereocenters. The number of hydrogen-bond acceptors (Lipinski definition) is 0. The van der Waals surface area contributed by atoms with Gasteiger partial charge in [-0.2, -0.15) is 0 Å². The molecule has 14 rings (SSSR count). The zero-order valence-electron chi connectivity index (χ0n) is 35.9. The molecule has 2 heterocycles. The molecule has 0 spiro atoms. The Balaban J connectivity index is 1.10. The van der Waals surface area contributed by atoms with Gasteiger partial charge in [0.05, 0.1) is 0 Å². The van der Waals surface area contributed by atoms with Gasteiger partial charge in [-0.3, -0.25) is 0 Å². The van der Waals surface area contributed by atoms with E-state index in [4.69, 9.17) is 0 Å². The molecular weight excluding hydrogens is 862 g/mol. The van der Waals surface area contributed by atoms with Crippen molar-refractivity contribution in [1.29, 1.82) is 0 Å². The van der Waals surface area contributed by atoms with Gasteiger partial charge in [-0.05, 0) is 0 Å². The Morgan fingerprint density at radius 3 is 1.12 bits per heavy atom. The molecule has 0 atom stereocenters. The van der Waals surface area contributed by atoms with E-state index in [-0.39, 0.29) is 14.5 Å². The van der Waals surface area contributed by atoms with Crippen molar-refractivity contribution in [3.63, 3.8) is 0 Å². The van der Waals surface area contributed by atoms with E-state index < -0.39 is 0 Å². The van der Waals surface area contributed by atoms with Crippen LogP contribution in [0.4, 0.5) is 0 Å². The zero-order valence-corrected chi connectivity index (χ0v) is 37.6. The van der Waals surface area contributed by atoms with Crippen molar-refractivity contribution in [3.05, 3.63) is 237 Å². The molecule has 1 nitrogen and oxygen atoms in total. The first-order valence-electron chi connectivity index (χ1n) is 22.8. The van der Waals surface area contributed by atoms with Gasteiger partial charge in [-0.15, -0.1) is 0 Å². The molecule has 2 aromatic heterocycles. The summed E-state index contributed by atoms with van der Waals surface area (Å²) >= 11 is 0.137. The minimum absolute atomic E-state index is 0.137. The Bertz CT molecular complexity index is 4160. The van der Waals surface area contributed by atoms with E-state index in [1.807, 2.05) is 0 Å². The summed E-state index contributed by atoms with van der Waals surface area (Å²) in [7, 11) is 0. The molecule has 66 heavy (non-hydrogen) atoms. The predicted molar refractivity (Wildman–Crippen MR) is 285 cm³/mol. The Kier molecular flexibility index (Phi) is 8.37. The predicted octanol–water partition coefficient (Wildman–Crippen LogP) is 17.4. The van der Waals surface area contributed by atoms with Crippen molar-refractivity contribution in [3.8, 4) is 50.2 Å². The number of nitrogens with zero attached hydrogens (tertiary/aromatic N) is 1. The van der Waals surface area contributed by atoms with Crippen LogP contribution in [-0.4, -0.2) is 19.1 Å². The molecule has 0 aliphatic heterocycles. The van der Waals surface area contributed by atoms with Crippen molar-refractivity contribution < 1.29 is 0 Å². The van der Waals surface area contributed by atoms with Crippen molar-refractivity contribution in [2.24, 2.45) is 0 Å². The van der Waals surface area contributed by atoms with Gasteiger partial charge in [0.25, 0.3) is 0 Å². The molecule has 2 heteroatoms. The summed E-state index contributed by atoms with van der Waals surface area (Å²) in [6, 6.07) is 88.2. The van der Waals surface area contributed by atoms with E-state index in [0.717, 1.165) is 5.69 Å². The molecule has 0 saturated carbocycles. The molecule has 12 aromatic carbocycles. The van der Waals surface area contributed by atoms with E-state index in [1.165, 1.54) is 129 Å². The van der Waals surface area contributed by atoms with E-state index in [1.54, 1.807) is 0 Å². The Morgan fingerprint density at radius 1 is 0.258 bits per heavy atom. The van der Waals surface area contributed by atoms with Crippen LogP contribution in [-0.2, 0) is 0 Å². The number of hydrogen-bond donors (Lipinski definition) is 0. The number of para-hydroxylation sites is 3. The Hall–Kier alpha value is -8.00. The second-order valence-electron chi connectivity index (χ2n) is 17.4. The maximum absolute atomic E-state index is 2.47. The summed E-state index contributed by atoms with van der Waals surface area (Å²) in [4.78, 5) is 0. The van der Waals surface area contributed by atoms with Crippen LogP contribution in [0.15, 0.2) is 237 Å². The fourth-order valence-electron chi connectivity index (χ4n) is 11.4. The van der Waals surface area contributed by atoms with Crippen LogP contribution in [0.2, 0.25) is 0 Å². The Labute approximate surface area is 387 Å². The van der Waals surface area contributed by atoms with Crippen molar-refractivity contribution >= 4 is 98.7 Å². The van der Waals surface area contributed by atoms with E-state index in [9.17, 15) is 0 Å². The second-order valence-corrected chi connectivity index (χ2v) is 19.7.